The molecule has 0 bridgehead atoms. The summed E-state index contributed by atoms with van der Waals surface area (Å²) in [6.07, 6.45) is 1.27. The highest BCUT2D eigenvalue weighted by Gasteiger charge is 2.28. The third-order valence-corrected chi connectivity index (χ3v) is 3.16. The molecule has 0 aliphatic heterocycles. The van der Waals surface area contributed by atoms with Crippen LogP contribution in [0.15, 0.2) is 36.5 Å². The third-order valence-electron chi connectivity index (χ3n) is 2.23. The normalized spacial score (nSPS) is 13.9. The topological polar surface area (TPSA) is 90.7 Å². The highest BCUT2D eigenvalue weighted by atomic mass is 31.2. The molecule has 0 aliphatic carbocycles. The zero-order chi connectivity index (χ0) is 11.8. The Morgan fingerprint density at radius 2 is 1.94 bits per heavy atom. The van der Waals surface area contributed by atoms with E-state index in [1.807, 2.05) is 6.07 Å². The quantitative estimate of drug-likeness (QED) is 0.689. The largest absolute Gasteiger partial charge is 0.376 e. The number of aromatic nitrogens is 1. The Kier molecular flexibility index (Phi) is 2.78. The van der Waals surface area contributed by atoms with Gasteiger partial charge in [0.25, 0.3) is 0 Å². The van der Waals surface area contributed by atoms with Crippen LogP contribution in [0.25, 0.3) is 10.9 Å². The smallest absolute Gasteiger partial charge is 0.358 e. The SMILES string of the molecule is O=P(O)(O)C(O)c1cnc2ccccc2c1. The minimum Gasteiger partial charge on any atom is -0.376 e. The number of aliphatic hydroxyl groups excluding tert-OH is 1. The van der Waals surface area contributed by atoms with Gasteiger partial charge in [-0.15, -0.1) is 0 Å². The maximum Gasteiger partial charge on any atom is 0.358 e. The van der Waals surface area contributed by atoms with Crippen LogP contribution < -0.4 is 0 Å². The molecule has 84 valence electrons. The average Bonchev–Trinajstić information content (AvgIpc) is 2.26. The second-order valence-electron chi connectivity index (χ2n) is 3.42. The summed E-state index contributed by atoms with van der Waals surface area (Å²) in [7, 11) is -4.54. The van der Waals surface area contributed by atoms with Crippen molar-refractivity contribution >= 4 is 18.5 Å². The second-order valence-corrected chi connectivity index (χ2v) is 5.09. The highest BCUT2D eigenvalue weighted by molar-refractivity contribution is 7.51. The summed E-state index contributed by atoms with van der Waals surface area (Å²) in [4.78, 5) is 21.7. The van der Waals surface area contributed by atoms with Gasteiger partial charge in [-0.2, -0.15) is 0 Å². The fourth-order valence-electron chi connectivity index (χ4n) is 1.42. The molecule has 0 aliphatic rings. The number of benzene rings is 1. The van der Waals surface area contributed by atoms with E-state index in [0.29, 0.717) is 5.52 Å². The summed E-state index contributed by atoms with van der Waals surface area (Å²) in [5.41, 5.74) is 0.830. The number of fused-ring (bicyclic) bond motifs is 1. The van der Waals surface area contributed by atoms with Crippen LogP contribution >= 0.6 is 7.60 Å². The maximum atomic E-state index is 10.9. The van der Waals surface area contributed by atoms with Gasteiger partial charge in [0, 0.05) is 17.1 Å². The molecule has 1 atom stereocenters. The number of pyridine rings is 1. The molecule has 16 heavy (non-hydrogen) atoms. The Morgan fingerprint density at radius 3 is 2.62 bits per heavy atom. The first-order valence-electron chi connectivity index (χ1n) is 4.56. The first kappa shape index (κ1) is 11.2. The molecule has 0 amide bonds. The zero-order valence-corrected chi connectivity index (χ0v) is 9.08. The van der Waals surface area contributed by atoms with Crippen molar-refractivity contribution in [2.45, 2.75) is 5.85 Å². The van der Waals surface area contributed by atoms with Gasteiger partial charge in [0.15, 0.2) is 5.85 Å². The van der Waals surface area contributed by atoms with Crippen LogP contribution in [0.5, 0.6) is 0 Å². The molecular weight excluding hydrogens is 229 g/mol. The van der Waals surface area contributed by atoms with Crippen molar-refractivity contribution in [3.63, 3.8) is 0 Å². The first-order chi connectivity index (χ1) is 7.48. The number of aliphatic hydroxyl groups is 1. The van der Waals surface area contributed by atoms with Crippen LogP contribution in [-0.4, -0.2) is 19.9 Å². The molecule has 6 heteroatoms. The lowest BCUT2D eigenvalue weighted by Gasteiger charge is -2.12. The van der Waals surface area contributed by atoms with E-state index in [2.05, 4.69) is 4.98 Å². The van der Waals surface area contributed by atoms with Crippen LogP contribution in [0.3, 0.4) is 0 Å². The predicted molar refractivity (Wildman–Crippen MR) is 58.7 cm³/mol. The zero-order valence-electron chi connectivity index (χ0n) is 8.19. The summed E-state index contributed by atoms with van der Waals surface area (Å²) in [6, 6.07) is 8.67. The molecule has 3 N–H and O–H groups in total. The van der Waals surface area contributed by atoms with E-state index in [9.17, 15) is 9.67 Å². The molecule has 0 saturated heterocycles. The first-order valence-corrected chi connectivity index (χ1v) is 6.24. The molecule has 1 aromatic carbocycles. The molecule has 2 aromatic rings. The fraction of sp³-hybridized carbons (Fsp3) is 0.100. The lowest BCUT2D eigenvalue weighted by Crippen LogP contribution is -1.99. The van der Waals surface area contributed by atoms with Gasteiger partial charge in [-0.3, -0.25) is 9.55 Å². The number of nitrogens with zero attached hydrogens (tertiary/aromatic N) is 1. The molecule has 1 unspecified atom stereocenters. The van der Waals surface area contributed by atoms with Crippen molar-refractivity contribution in [1.82, 2.24) is 4.98 Å². The van der Waals surface area contributed by atoms with Crippen molar-refractivity contribution in [2.75, 3.05) is 0 Å². The van der Waals surface area contributed by atoms with E-state index < -0.39 is 13.4 Å². The Bertz CT molecular complexity index is 566. The van der Waals surface area contributed by atoms with Crippen molar-refractivity contribution in [3.8, 4) is 0 Å². The molecule has 5 nitrogen and oxygen atoms in total. The standard InChI is InChI=1S/C10H10NO4P/c12-10(16(13,14)15)8-5-7-3-1-2-4-9(7)11-6-8/h1-6,10,12H,(H2,13,14,15). The molecule has 2 rings (SSSR count). The molecule has 0 spiro atoms. The van der Waals surface area contributed by atoms with E-state index in [-0.39, 0.29) is 5.56 Å². The predicted octanol–water partition coefficient (Wildman–Crippen LogP) is 1.40. The summed E-state index contributed by atoms with van der Waals surface area (Å²) in [5, 5.41) is 10.1. The molecule has 0 fully saturated rings. The van der Waals surface area contributed by atoms with Gasteiger partial charge in [-0.25, -0.2) is 0 Å². The van der Waals surface area contributed by atoms with Gasteiger partial charge in [-0.05, 0) is 12.1 Å². The van der Waals surface area contributed by atoms with Gasteiger partial charge in [0.05, 0.1) is 5.52 Å². The van der Waals surface area contributed by atoms with Crippen molar-refractivity contribution in [3.05, 3.63) is 42.1 Å². The van der Waals surface area contributed by atoms with Crippen molar-refractivity contribution < 1.29 is 19.5 Å². The van der Waals surface area contributed by atoms with Crippen LogP contribution in [-0.2, 0) is 4.57 Å². The Labute approximate surface area is 91.5 Å². The summed E-state index contributed by atoms with van der Waals surface area (Å²) < 4.78 is 10.9. The monoisotopic (exact) mass is 239 g/mol. The van der Waals surface area contributed by atoms with Crippen LogP contribution in [0.1, 0.15) is 11.4 Å². The van der Waals surface area contributed by atoms with Crippen LogP contribution in [0.4, 0.5) is 0 Å². The van der Waals surface area contributed by atoms with E-state index >= 15 is 0 Å². The van der Waals surface area contributed by atoms with Crippen molar-refractivity contribution in [1.29, 1.82) is 0 Å². The number of rotatable bonds is 2. The minimum atomic E-state index is -4.54. The Morgan fingerprint density at radius 1 is 1.25 bits per heavy atom. The van der Waals surface area contributed by atoms with Gasteiger partial charge in [0.1, 0.15) is 0 Å². The Hall–Kier alpha value is -1.26. The molecular formula is C10H10NO4P. The van der Waals surface area contributed by atoms with E-state index in [1.165, 1.54) is 12.3 Å². The van der Waals surface area contributed by atoms with Gasteiger partial charge >= 0.3 is 7.60 Å². The lowest BCUT2D eigenvalue weighted by molar-refractivity contribution is 0.205. The van der Waals surface area contributed by atoms with E-state index in [4.69, 9.17) is 9.79 Å². The molecule has 0 radical (unpaired) electrons. The molecule has 1 heterocycles. The number of para-hydroxylation sites is 1. The van der Waals surface area contributed by atoms with E-state index in [0.717, 1.165) is 5.39 Å². The van der Waals surface area contributed by atoms with Crippen molar-refractivity contribution in [2.24, 2.45) is 0 Å². The highest BCUT2D eigenvalue weighted by Crippen LogP contribution is 2.49. The third kappa shape index (κ3) is 2.13. The lowest BCUT2D eigenvalue weighted by atomic mass is 10.2. The average molecular weight is 239 g/mol. The summed E-state index contributed by atoms with van der Waals surface area (Å²) in [6.45, 7) is 0. The molecule has 1 aromatic heterocycles. The Balaban J connectivity index is 2.51. The summed E-state index contributed by atoms with van der Waals surface area (Å²) >= 11 is 0. The number of hydrogen-bond donors (Lipinski definition) is 3. The fourth-order valence-corrected chi connectivity index (χ4v) is 1.95. The van der Waals surface area contributed by atoms with Crippen LogP contribution in [0.2, 0.25) is 0 Å². The number of hydrogen-bond acceptors (Lipinski definition) is 3. The van der Waals surface area contributed by atoms with Gasteiger partial charge < -0.3 is 14.9 Å². The molecule has 0 saturated carbocycles. The van der Waals surface area contributed by atoms with Gasteiger partial charge in [0.2, 0.25) is 0 Å². The van der Waals surface area contributed by atoms with Gasteiger partial charge in [-0.1, -0.05) is 18.2 Å². The van der Waals surface area contributed by atoms with E-state index in [1.54, 1.807) is 18.2 Å². The second kappa shape index (κ2) is 3.96. The van der Waals surface area contributed by atoms with Crippen LogP contribution in [0, 0.1) is 0 Å². The minimum absolute atomic E-state index is 0.118. The maximum absolute atomic E-state index is 10.9. The summed E-state index contributed by atoms with van der Waals surface area (Å²) in [5.74, 6) is -1.82.